The van der Waals surface area contributed by atoms with Crippen molar-refractivity contribution in [3.8, 4) is 5.75 Å². The van der Waals surface area contributed by atoms with Gasteiger partial charge in [-0.25, -0.2) is 0 Å². The Bertz CT molecular complexity index is 423. The molecule has 0 fully saturated rings. The van der Waals surface area contributed by atoms with Gasteiger partial charge in [0.05, 0.1) is 18.7 Å². The van der Waals surface area contributed by atoms with E-state index in [4.69, 9.17) is 26.8 Å². The number of rotatable bonds is 7. The van der Waals surface area contributed by atoms with Crippen molar-refractivity contribution in [3.05, 3.63) is 28.8 Å². The third-order valence-electron chi connectivity index (χ3n) is 2.74. The molecule has 106 valence electrons. The lowest BCUT2D eigenvalue weighted by Gasteiger charge is -2.12. The molecule has 0 amide bonds. The molecule has 1 aromatic carbocycles. The minimum absolute atomic E-state index is 0.0890. The molecule has 0 saturated carbocycles. The first-order chi connectivity index (χ1) is 9.06. The Kier molecular flexibility index (Phi) is 6.67. The number of hydrogen-bond acceptors (Lipinski definition) is 4. The summed E-state index contributed by atoms with van der Waals surface area (Å²) >= 11 is 6.04. The average molecular weight is 286 g/mol. The van der Waals surface area contributed by atoms with Crippen LogP contribution in [0.3, 0.4) is 0 Å². The molecule has 1 rings (SSSR count). The van der Waals surface area contributed by atoms with Crippen molar-refractivity contribution in [2.24, 2.45) is 5.73 Å². The first-order valence-corrected chi connectivity index (χ1v) is 6.68. The second-order valence-corrected chi connectivity index (χ2v) is 4.68. The molecule has 0 aromatic heterocycles. The molecule has 1 unspecified atom stereocenters. The molecule has 5 heteroatoms. The van der Waals surface area contributed by atoms with Crippen LogP contribution in [0.1, 0.15) is 25.3 Å². The fraction of sp³-hybridized carbons (Fsp3) is 0.500. The molecule has 4 nitrogen and oxygen atoms in total. The highest BCUT2D eigenvalue weighted by molar-refractivity contribution is 6.32. The molecule has 1 aromatic rings. The molecule has 0 aliphatic heterocycles. The normalized spacial score (nSPS) is 12.0. The Morgan fingerprint density at radius 2 is 2.21 bits per heavy atom. The van der Waals surface area contributed by atoms with Gasteiger partial charge >= 0.3 is 5.97 Å². The zero-order valence-electron chi connectivity index (χ0n) is 11.3. The third kappa shape index (κ3) is 5.49. The SMILES string of the molecule is CCOC(=O)CCC(N)Cc1ccc(OC)c(Cl)c1. The van der Waals surface area contributed by atoms with Gasteiger partial charge < -0.3 is 15.2 Å². The van der Waals surface area contributed by atoms with Gasteiger partial charge in [-0.2, -0.15) is 0 Å². The van der Waals surface area contributed by atoms with E-state index in [0.717, 1.165) is 5.56 Å². The summed E-state index contributed by atoms with van der Waals surface area (Å²) in [6.07, 6.45) is 1.62. The summed E-state index contributed by atoms with van der Waals surface area (Å²) in [6, 6.07) is 5.49. The number of carbonyl (C=O) groups is 1. The van der Waals surface area contributed by atoms with Crippen molar-refractivity contribution >= 4 is 17.6 Å². The minimum Gasteiger partial charge on any atom is -0.495 e. The van der Waals surface area contributed by atoms with Gasteiger partial charge in [0, 0.05) is 12.5 Å². The van der Waals surface area contributed by atoms with E-state index in [9.17, 15) is 4.79 Å². The third-order valence-corrected chi connectivity index (χ3v) is 3.03. The lowest BCUT2D eigenvalue weighted by Crippen LogP contribution is -2.24. The molecule has 0 aliphatic carbocycles. The van der Waals surface area contributed by atoms with Crippen LogP contribution < -0.4 is 10.5 Å². The topological polar surface area (TPSA) is 61.5 Å². The van der Waals surface area contributed by atoms with E-state index in [0.29, 0.717) is 36.6 Å². The molecule has 0 heterocycles. The van der Waals surface area contributed by atoms with Crippen LogP contribution in [0.2, 0.25) is 5.02 Å². The highest BCUT2D eigenvalue weighted by atomic mass is 35.5. The number of hydrogen-bond donors (Lipinski definition) is 1. The maximum Gasteiger partial charge on any atom is 0.305 e. The van der Waals surface area contributed by atoms with Crippen molar-refractivity contribution < 1.29 is 14.3 Å². The maximum absolute atomic E-state index is 11.2. The number of nitrogens with two attached hydrogens (primary N) is 1. The van der Waals surface area contributed by atoms with E-state index in [1.165, 1.54) is 0 Å². The number of carbonyl (C=O) groups excluding carboxylic acids is 1. The van der Waals surface area contributed by atoms with Crippen LogP contribution in [-0.2, 0) is 16.0 Å². The van der Waals surface area contributed by atoms with Gasteiger partial charge in [-0.1, -0.05) is 17.7 Å². The van der Waals surface area contributed by atoms with Crippen LogP contribution >= 0.6 is 11.6 Å². The summed E-state index contributed by atoms with van der Waals surface area (Å²) in [5.41, 5.74) is 7.02. The highest BCUT2D eigenvalue weighted by Gasteiger charge is 2.10. The Hall–Kier alpha value is -1.26. The minimum atomic E-state index is -0.203. The van der Waals surface area contributed by atoms with Crippen LogP contribution in [0.5, 0.6) is 5.75 Å². The summed E-state index contributed by atoms with van der Waals surface area (Å²) in [7, 11) is 1.58. The van der Waals surface area contributed by atoms with Crippen LogP contribution in [0.15, 0.2) is 18.2 Å². The summed E-state index contributed by atoms with van der Waals surface area (Å²) in [5, 5.41) is 0.567. The molecule has 0 radical (unpaired) electrons. The summed E-state index contributed by atoms with van der Waals surface area (Å²) in [4.78, 5) is 11.2. The fourth-order valence-electron chi connectivity index (χ4n) is 1.78. The van der Waals surface area contributed by atoms with Gasteiger partial charge in [0.25, 0.3) is 0 Å². The first-order valence-electron chi connectivity index (χ1n) is 6.30. The lowest BCUT2D eigenvalue weighted by molar-refractivity contribution is -0.143. The summed E-state index contributed by atoms with van der Waals surface area (Å²) < 4.78 is 9.95. The van der Waals surface area contributed by atoms with Gasteiger partial charge in [0.1, 0.15) is 5.75 Å². The van der Waals surface area contributed by atoms with Gasteiger partial charge in [-0.15, -0.1) is 0 Å². The maximum atomic E-state index is 11.2. The van der Waals surface area contributed by atoms with Crippen LogP contribution in [-0.4, -0.2) is 25.7 Å². The molecule has 0 spiro atoms. The zero-order valence-corrected chi connectivity index (χ0v) is 12.1. The molecular weight excluding hydrogens is 266 g/mol. The second kappa shape index (κ2) is 8.02. The fourth-order valence-corrected chi connectivity index (χ4v) is 2.06. The van der Waals surface area contributed by atoms with Crippen molar-refractivity contribution in [2.45, 2.75) is 32.2 Å². The number of ether oxygens (including phenoxy) is 2. The molecule has 19 heavy (non-hydrogen) atoms. The van der Waals surface area contributed by atoms with Crippen LogP contribution in [0.4, 0.5) is 0 Å². The lowest BCUT2D eigenvalue weighted by atomic mass is 10.0. The van der Waals surface area contributed by atoms with Crippen molar-refractivity contribution in [2.75, 3.05) is 13.7 Å². The van der Waals surface area contributed by atoms with E-state index in [1.54, 1.807) is 14.0 Å². The van der Waals surface area contributed by atoms with Crippen molar-refractivity contribution in [1.29, 1.82) is 0 Å². The number of esters is 1. The first kappa shape index (κ1) is 15.8. The summed E-state index contributed by atoms with van der Waals surface area (Å²) in [6.45, 7) is 2.19. The molecular formula is C14H20ClNO3. The average Bonchev–Trinajstić information content (AvgIpc) is 2.37. The summed E-state index contributed by atoms with van der Waals surface area (Å²) in [5.74, 6) is 0.441. The highest BCUT2D eigenvalue weighted by Crippen LogP contribution is 2.25. The van der Waals surface area contributed by atoms with Crippen LogP contribution in [0, 0.1) is 0 Å². The van der Waals surface area contributed by atoms with E-state index in [1.807, 2.05) is 18.2 Å². The van der Waals surface area contributed by atoms with Gasteiger partial charge in [-0.3, -0.25) is 4.79 Å². The van der Waals surface area contributed by atoms with Gasteiger partial charge in [0.2, 0.25) is 0 Å². The van der Waals surface area contributed by atoms with Crippen molar-refractivity contribution in [3.63, 3.8) is 0 Å². The number of halogens is 1. The Morgan fingerprint density at radius 1 is 1.47 bits per heavy atom. The largest absolute Gasteiger partial charge is 0.495 e. The molecule has 2 N–H and O–H groups in total. The zero-order chi connectivity index (χ0) is 14.3. The number of methoxy groups -OCH3 is 1. The molecule has 1 atom stereocenters. The standard InChI is InChI=1S/C14H20ClNO3/c1-3-19-14(17)7-5-11(16)8-10-4-6-13(18-2)12(15)9-10/h4,6,9,11H,3,5,7-8,16H2,1-2H3. The van der Waals surface area contributed by atoms with E-state index in [2.05, 4.69) is 0 Å². The Labute approximate surface area is 118 Å². The van der Waals surface area contributed by atoms with E-state index >= 15 is 0 Å². The van der Waals surface area contributed by atoms with E-state index < -0.39 is 0 Å². The van der Waals surface area contributed by atoms with Gasteiger partial charge in [-0.05, 0) is 37.5 Å². The molecule has 0 aliphatic rings. The Morgan fingerprint density at radius 3 is 2.79 bits per heavy atom. The second-order valence-electron chi connectivity index (χ2n) is 4.28. The predicted molar refractivity (Wildman–Crippen MR) is 75.6 cm³/mol. The van der Waals surface area contributed by atoms with E-state index in [-0.39, 0.29) is 12.0 Å². The Balaban J connectivity index is 2.46. The predicted octanol–water partition coefficient (Wildman–Crippen LogP) is 2.56. The monoisotopic (exact) mass is 285 g/mol. The van der Waals surface area contributed by atoms with Crippen molar-refractivity contribution in [1.82, 2.24) is 0 Å². The molecule has 0 bridgehead atoms. The van der Waals surface area contributed by atoms with Gasteiger partial charge in [0.15, 0.2) is 0 Å². The van der Waals surface area contributed by atoms with Crippen LogP contribution in [0.25, 0.3) is 0 Å². The number of benzene rings is 1. The smallest absolute Gasteiger partial charge is 0.305 e. The molecule has 0 saturated heterocycles. The quantitative estimate of drug-likeness (QED) is 0.782.